The van der Waals surface area contributed by atoms with Gasteiger partial charge in [-0.3, -0.25) is 9.36 Å². The Morgan fingerprint density at radius 1 is 1.06 bits per heavy atom. The normalized spacial score (nSPS) is 13.8. The third kappa shape index (κ3) is 5.09. The van der Waals surface area contributed by atoms with E-state index in [4.69, 9.17) is 5.11 Å². The van der Waals surface area contributed by atoms with Crippen molar-refractivity contribution >= 4 is 17.9 Å². The highest BCUT2D eigenvalue weighted by Gasteiger charge is 2.31. The molecule has 13 heteroatoms. The zero-order chi connectivity index (χ0) is 22.2. The summed E-state index contributed by atoms with van der Waals surface area (Å²) in [5, 5.41) is 31.1. The van der Waals surface area contributed by atoms with E-state index in [0.717, 1.165) is 0 Å². The lowest BCUT2D eigenvalue weighted by Crippen LogP contribution is -2.19. The Hall–Kier alpha value is -2.96. The van der Waals surface area contributed by atoms with E-state index in [1.54, 1.807) is 35.4 Å². The number of alkyl halides is 3. The first-order valence-electron chi connectivity index (χ1n) is 9.51. The average molecular weight is 472 g/mol. The molecule has 0 aliphatic carbocycles. The lowest BCUT2D eigenvalue weighted by Gasteiger charge is -2.14. The fraction of sp³-hybridized carbons (Fsp3) is 0.368. The SMILES string of the molecule is CC(CC(F)(F)F)n1cc(-c2nc(-c3cnn(CC(O)CO)c3)cn3nccc23)cn1.Cl. The summed E-state index contributed by atoms with van der Waals surface area (Å²) in [4.78, 5) is 4.67. The first-order chi connectivity index (χ1) is 14.7. The van der Waals surface area contributed by atoms with E-state index in [2.05, 4.69) is 20.3 Å². The first-order valence-corrected chi connectivity index (χ1v) is 9.51. The number of hydrogen-bond donors (Lipinski definition) is 2. The highest BCUT2D eigenvalue weighted by molar-refractivity contribution is 5.85. The molecule has 0 saturated carbocycles. The van der Waals surface area contributed by atoms with Crippen molar-refractivity contribution in [2.24, 2.45) is 0 Å². The summed E-state index contributed by atoms with van der Waals surface area (Å²) in [6.45, 7) is 1.20. The van der Waals surface area contributed by atoms with Crippen molar-refractivity contribution in [3.05, 3.63) is 43.2 Å². The van der Waals surface area contributed by atoms with Crippen molar-refractivity contribution in [1.82, 2.24) is 34.2 Å². The van der Waals surface area contributed by atoms with Gasteiger partial charge in [0.25, 0.3) is 0 Å². The topological polar surface area (TPSA) is 106 Å². The number of hydrogen-bond acceptors (Lipinski definition) is 6. The van der Waals surface area contributed by atoms with Crippen LogP contribution in [-0.4, -0.2) is 63.3 Å². The minimum Gasteiger partial charge on any atom is -0.394 e. The van der Waals surface area contributed by atoms with Gasteiger partial charge < -0.3 is 10.2 Å². The molecule has 0 aromatic carbocycles. The van der Waals surface area contributed by atoms with Gasteiger partial charge in [0.05, 0.1) is 73.4 Å². The molecule has 0 bridgehead atoms. The maximum Gasteiger partial charge on any atom is 0.391 e. The fourth-order valence-electron chi connectivity index (χ4n) is 3.28. The number of aliphatic hydroxyl groups excluding tert-OH is 2. The molecule has 0 aliphatic heterocycles. The molecule has 4 heterocycles. The van der Waals surface area contributed by atoms with Crippen molar-refractivity contribution in [2.75, 3.05) is 6.61 Å². The molecule has 0 saturated heterocycles. The van der Waals surface area contributed by atoms with Crippen molar-refractivity contribution in [3.63, 3.8) is 0 Å². The van der Waals surface area contributed by atoms with Gasteiger partial charge in [0.15, 0.2) is 0 Å². The van der Waals surface area contributed by atoms with Gasteiger partial charge in [-0.05, 0) is 13.0 Å². The lowest BCUT2D eigenvalue weighted by atomic mass is 10.2. The number of nitrogens with zero attached hydrogens (tertiary/aromatic N) is 7. The van der Waals surface area contributed by atoms with Crippen LogP contribution in [0.3, 0.4) is 0 Å². The van der Waals surface area contributed by atoms with Crippen molar-refractivity contribution in [1.29, 1.82) is 0 Å². The predicted octanol–water partition coefficient (Wildman–Crippen LogP) is 2.74. The van der Waals surface area contributed by atoms with Gasteiger partial charge in [-0.15, -0.1) is 12.4 Å². The molecule has 172 valence electrons. The molecule has 32 heavy (non-hydrogen) atoms. The predicted molar refractivity (Wildman–Crippen MR) is 111 cm³/mol. The van der Waals surface area contributed by atoms with Crippen LogP contribution in [0.1, 0.15) is 19.4 Å². The quantitative estimate of drug-likeness (QED) is 0.429. The van der Waals surface area contributed by atoms with Gasteiger partial charge in [0, 0.05) is 23.5 Å². The molecular weight excluding hydrogens is 451 g/mol. The molecule has 4 aromatic rings. The van der Waals surface area contributed by atoms with Crippen LogP contribution in [0, 0.1) is 0 Å². The van der Waals surface area contributed by atoms with Crippen LogP contribution in [-0.2, 0) is 6.54 Å². The molecule has 4 aromatic heterocycles. The summed E-state index contributed by atoms with van der Waals surface area (Å²) in [5.41, 5.74) is 2.94. The molecule has 2 unspecified atom stereocenters. The second-order valence-corrected chi connectivity index (χ2v) is 7.30. The molecule has 0 amide bonds. The third-order valence-electron chi connectivity index (χ3n) is 4.78. The zero-order valence-corrected chi connectivity index (χ0v) is 17.7. The summed E-state index contributed by atoms with van der Waals surface area (Å²) < 4.78 is 42.6. The molecule has 0 aliphatic rings. The molecule has 0 spiro atoms. The number of aliphatic hydroxyl groups is 2. The largest absolute Gasteiger partial charge is 0.394 e. The van der Waals surface area contributed by atoms with Crippen molar-refractivity contribution in [2.45, 2.75) is 38.2 Å². The summed E-state index contributed by atoms with van der Waals surface area (Å²) in [5.74, 6) is 0. The zero-order valence-electron chi connectivity index (χ0n) is 16.9. The highest BCUT2D eigenvalue weighted by atomic mass is 35.5. The number of fused-ring (bicyclic) bond motifs is 1. The monoisotopic (exact) mass is 471 g/mol. The Bertz CT molecular complexity index is 1190. The molecule has 2 N–H and O–H groups in total. The van der Waals surface area contributed by atoms with Gasteiger partial charge in [0.1, 0.15) is 0 Å². The third-order valence-corrected chi connectivity index (χ3v) is 4.78. The molecule has 0 fully saturated rings. The molecule has 0 radical (unpaired) electrons. The number of halogens is 4. The van der Waals surface area contributed by atoms with E-state index in [1.807, 2.05) is 0 Å². The Labute approximate surface area is 186 Å². The van der Waals surface area contributed by atoms with Gasteiger partial charge >= 0.3 is 6.18 Å². The van der Waals surface area contributed by atoms with Gasteiger partial charge in [0.2, 0.25) is 0 Å². The van der Waals surface area contributed by atoms with Gasteiger partial charge in [-0.1, -0.05) is 0 Å². The van der Waals surface area contributed by atoms with Gasteiger partial charge in [-0.2, -0.15) is 28.5 Å². The first kappa shape index (κ1) is 23.7. The Kier molecular flexibility index (Phi) is 6.86. The van der Waals surface area contributed by atoms with E-state index in [0.29, 0.717) is 28.0 Å². The van der Waals surface area contributed by atoms with Gasteiger partial charge in [-0.25, -0.2) is 9.50 Å². The summed E-state index contributed by atoms with van der Waals surface area (Å²) >= 11 is 0. The molecule has 2 atom stereocenters. The van der Waals surface area contributed by atoms with Crippen molar-refractivity contribution in [3.8, 4) is 22.5 Å². The van der Waals surface area contributed by atoms with Crippen LogP contribution in [0.25, 0.3) is 28.0 Å². The van der Waals surface area contributed by atoms with E-state index in [9.17, 15) is 18.3 Å². The van der Waals surface area contributed by atoms with E-state index >= 15 is 0 Å². The number of aromatic nitrogens is 7. The average Bonchev–Trinajstić information content (AvgIpc) is 3.45. The second kappa shape index (κ2) is 9.27. The standard InChI is InChI=1S/C19H20F3N7O2.ClH/c1-12(4-19(20,21)22)28-8-14(6-25-28)18-17-2-3-23-29(17)10-16(26-18)13-5-24-27(7-13)9-15(31)11-30;/h2-3,5-8,10,12,15,30-31H,4,9,11H2,1H3;1H. The van der Waals surface area contributed by atoms with Crippen LogP contribution in [0.4, 0.5) is 13.2 Å². The minimum absolute atomic E-state index is 0. The van der Waals surface area contributed by atoms with E-state index < -0.39 is 24.7 Å². The Morgan fingerprint density at radius 3 is 2.53 bits per heavy atom. The second-order valence-electron chi connectivity index (χ2n) is 7.30. The molecular formula is C19H21ClF3N7O2. The van der Waals surface area contributed by atoms with E-state index in [1.165, 1.54) is 28.7 Å². The maximum atomic E-state index is 12.7. The Morgan fingerprint density at radius 2 is 1.81 bits per heavy atom. The summed E-state index contributed by atoms with van der Waals surface area (Å²) in [7, 11) is 0. The van der Waals surface area contributed by atoms with Crippen LogP contribution >= 0.6 is 12.4 Å². The summed E-state index contributed by atoms with van der Waals surface area (Å²) in [6, 6.07) is 0.901. The molecule has 9 nitrogen and oxygen atoms in total. The lowest BCUT2D eigenvalue weighted by molar-refractivity contribution is -0.142. The van der Waals surface area contributed by atoms with Crippen LogP contribution < -0.4 is 0 Å². The number of rotatable bonds is 7. The molecule has 4 rings (SSSR count). The highest BCUT2D eigenvalue weighted by Crippen LogP contribution is 2.30. The van der Waals surface area contributed by atoms with Crippen LogP contribution in [0.15, 0.2) is 43.2 Å². The fourth-order valence-corrected chi connectivity index (χ4v) is 3.28. The Balaban J connectivity index is 0.00000289. The van der Waals surface area contributed by atoms with Crippen molar-refractivity contribution < 1.29 is 23.4 Å². The minimum atomic E-state index is -4.29. The maximum absolute atomic E-state index is 12.7. The summed E-state index contributed by atoms with van der Waals surface area (Å²) in [6.07, 6.45) is 3.37. The smallest absolute Gasteiger partial charge is 0.391 e. The van der Waals surface area contributed by atoms with Crippen LogP contribution in [0.2, 0.25) is 0 Å². The van der Waals surface area contributed by atoms with E-state index in [-0.39, 0.29) is 25.6 Å². The van der Waals surface area contributed by atoms with Crippen LogP contribution in [0.5, 0.6) is 0 Å².